The van der Waals surface area contributed by atoms with Crippen LogP contribution in [0.1, 0.15) is 39.0 Å². The van der Waals surface area contributed by atoms with E-state index in [2.05, 4.69) is 6.58 Å². The number of carbonyl (C=O) groups is 2. The van der Waals surface area contributed by atoms with Crippen LogP contribution in [0.25, 0.3) is 0 Å². The molecule has 1 saturated carbocycles. The molecule has 84 valence electrons. The molecule has 0 radical (unpaired) electrons. The molecule has 3 nitrogen and oxygen atoms in total. The molecule has 0 aromatic heterocycles. The van der Waals surface area contributed by atoms with Gasteiger partial charge in [-0.3, -0.25) is 9.59 Å². The topological polar surface area (TPSA) is 43.4 Å². The molecule has 0 amide bonds. The van der Waals surface area contributed by atoms with E-state index in [4.69, 9.17) is 4.74 Å². The standard InChI is InChI=1S/C12H18O3/c1-4-10(13)12(11(14)15-3)7-5-6-9(2)8-12/h2,4-8H2,1,3H3. The summed E-state index contributed by atoms with van der Waals surface area (Å²) in [7, 11) is 1.34. The minimum Gasteiger partial charge on any atom is -0.468 e. The lowest BCUT2D eigenvalue weighted by atomic mass is 9.69. The molecule has 1 aliphatic carbocycles. The number of allylic oxidation sites excluding steroid dienone is 1. The molecule has 3 heteroatoms. The van der Waals surface area contributed by atoms with Crippen molar-refractivity contribution in [2.24, 2.45) is 5.41 Å². The van der Waals surface area contributed by atoms with Crippen molar-refractivity contribution in [3.8, 4) is 0 Å². The highest BCUT2D eigenvalue weighted by Crippen LogP contribution is 2.41. The van der Waals surface area contributed by atoms with Crippen molar-refractivity contribution >= 4 is 11.8 Å². The molecule has 1 atom stereocenters. The number of ether oxygens (including phenoxy) is 1. The first-order valence-corrected chi connectivity index (χ1v) is 5.35. The van der Waals surface area contributed by atoms with Crippen molar-refractivity contribution in [3.63, 3.8) is 0 Å². The summed E-state index contributed by atoms with van der Waals surface area (Å²) in [4.78, 5) is 23.6. The molecule has 1 unspecified atom stereocenters. The van der Waals surface area contributed by atoms with Crippen LogP contribution in [0.15, 0.2) is 12.2 Å². The number of methoxy groups -OCH3 is 1. The third kappa shape index (κ3) is 2.11. The Kier molecular flexibility index (Phi) is 3.66. The predicted molar refractivity (Wildman–Crippen MR) is 57.4 cm³/mol. The Labute approximate surface area is 90.5 Å². The predicted octanol–water partition coefficient (Wildman–Crippen LogP) is 2.26. The lowest BCUT2D eigenvalue weighted by Gasteiger charge is -2.33. The Balaban J connectivity index is 2.99. The molecule has 0 aliphatic heterocycles. The van der Waals surface area contributed by atoms with E-state index in [0.29, 0.717) is 19.3 Å². The molecule has 0 bridgehead atoms. The van der Waals surface area contributed by atoms with E-state index in [9.17, 15) is 9.59 Å². The first-order valence-electron chi connectivity index (χ1n) is 5.35. The number of hydrogen-bond donors (Lipinski definition) is 0. The Bertz CT molecular complexity index is 275. The van der Waals surface area contributed by atoms with E-state index >= 15 is 0 Å². The van der Waals surface area contributed by atoms with Crippen LogP contribution in [-0.2, 0) is 14.3 Å². The zero-order valence-electron chi connectivity index (χ0n) is 9.47. The second-order valence-corrected chi connectivity index (χ2v) is 4.13. The van der Waals surface area contributed by atoms with Crippen LogP contribution in [0.5, 0.6) is 0 Å². The summed E-state index contributed by atoms with van der Waals surface area (Å²) in [5, 5.41) is 0. The maximum Gasteiger partial charge on any atom is 0.319 e. The number of Topliss-reactive ketones (excluding diaryl/α,β-unsaturated/α-hetero) is 1. The minimum atomic E-state index is -0.932. The first kappa shape index (κ1) is 12.0. The van der Waals surface area contributed by atoms with Gasteiger partial charge in [-0.05, 0) is 25.7 Å². The van der Waals surface area contributed by atoms with Crippen LogP contribution in [0.3, 0.4) is 0 Å². The van der Waals surface area contributed by atoms with E-state index in [1.807, 2.05) is 0 Å². The molecule has 0 heterocycles. The highest BCUT2D eigenvalue weighted by Gasteiger charge is 2.47. The van der Waals surface area contributed by atoms with E-state index in [-0.39, 0.29) is 5.78 Å². The highest BCUT2D eigenvalue weighted by atomic mass is 16.5. The Hall–Kier alpha value is -1.12. The average Bonchev–Trinajstić information content (AvgIpc) is 2.26. The zero-order chi connectivity index (χ0) is 11.5. The third-order valence-electron chi connectivity index (χ3n) is 3.12. The van der Waals surface area contributed by atoms with Gasteiger partial charge in [0.05, 0.1) is 7.11 Å². The Morgan fingerprint density at radius 3 is 2.67 bits per heavy atom. The van der Waals surface area contributed by atoms with Gasteiger partial charge in [-0.15, -0.1) is 0 Å². The lowest BCUT2D eigenvalue weighted by Crippen LogP contribution is -2.42. The van der Waals surface area contributed by atoms with E-state index in [1.165, 1.54) is 7.11 Å². The summed E-state index contributed by atoms with van der Waals surface area (Å²) in [6.45, 7) is 5.66. The van der Waals surface area contributed by atoms with Crippen LogP contribution >= 0.6 is 0 Å². The summed E-state index contributed by atoms with van der Waals surface area (Å²) in [6.07, 6.45) is 3.20. The monoisotopic (exact) mass is 210 g/mol. The fourth-order valence-electron chi connectivity index (χ4n) is 2.30. The second-order valence-electron chi connectivity index (χ2n) is 4.13. The van der Waals surface area contributed by atoms with Gasteiger partial charge < -0.3 is 4.74 Å². The van der Waals surface area contributed by atoms with Crippen molar-refractivity contribution in [2.45, 2.75) is 39.0 Å². The molecule has 0 spiro atoms. The third-order valence-corrected chi connectivity index (χ3v) is 3.12. The van der Waals surface area contributed by atoms with E-state index in [0.717, 1.165) is 18.4 Å². The largest absolute Gasteiger partial charge is 0.468 e. The lowest BCUT2D eigenvalue weighted by molar-refractivity contribution is -0.159. The summed E-state index contributed by atoms with van der Waals surface area (Å²) >= 11 is 0. The minimum absolute atomic E-state index is 0.0183. The van der Waals surface area contributed by atoms with Crippen LogP contribution in [0, 0.1) is 5.41 Å². The van der Waals surface area contributed by atoms with Crippen LogP contribution in [0.4, 0.5) is 0 Å². The maximum atomic E-state index is 11.9. The van der Waals surface area contributed by atoms with Gasteiger partial charge in [0.15, 0.2) is 0 Å². The quantitative estimate of drug-likeness (QED) is 0.407. The molecule has 0 N–H and O–H groups in total. The van der Waals surface area contributed by atoms with Crippen molar-refractivity contribution in [1.29, 1.82) is 0 Å². The molecular formula is C12H18O3. The Morgan fingerprint density at radius 1 is 1.53 bits per heavy atom. The molecule has 0 aromatic carbocycles. The molecule has 1 aliphatic rings. The molecule has 1 fully saturated rings. The molecule has 0 saturated heterocycles. The van der Waals surface area contributed by atoms with E-state index in [1.54, 1.807) is 6.92 Å². The molecule has 1 rings (SSSR count). The van der Waals surface area contributed by atoms with Gasteiger partial charge in [0.25, 0.3) is 0 Å². The van der Waals surface area contributed by atoms with Crippen LogP contribution < -0.4 is 0 Å². The number of rotatable bonds is 3. The van der Waals surface area contributed by atoms with Gasteiger partial charge in [0.2, 0.25) is 0 Å². The van der Waals surface area contributed by atoms with Gasteiger partial charge in [-0.25, -0.2) is 0 Å². The van der Waals surface area contributed by atoms with Crippen LogP contribution in [0.2, 0.25) is 0 Å². The second kappa shape index (κ2) is 4.60. The number of ketones is 1. The fraction of sp³-hybridized carbons (Fsp3) is 0.667. The van der Waals surface area contributed by atoms with Gasteiger partial charge in [0.1, 0.15) is 11.2 Å². The van der Waals surface area contributed by atoms with Crippen molar-refractivity contribution < 1.29 is 14.3 Å². The maximum absolute atomic E-state index is 11.9. The van der Waals surface area contributed by atoms with Crippen molar-refractivity contribution in [3.05, 3.63) is 12.2 Å². The fourth-order valence-corrected chi connectivity index (χ4v) is 2.30. The number of esters is 1. The van der Waals surface area contributed by atoms with Gasteiger partial charge in [0, 0.05) is 6.42 Å². The average molecular weight is 210 g/mol. The smallest absolute Gasteiger partial charge is 0.319 e. The molecular weight excluding hydrogens is 192 g/mol. The summed E-state index contributed by atoms with van der Waals surface area (Å²) in [6, 6.07) is 0. The SMILES string of the molecule is C=C1CCCC(C(=O)CC)(C(=O)OC)C1. The van der Waals surface area contributed by atoms with Gasteiger partial charge in [-0.1, -0.05) is 19.1 Å². The molecule has 15 heavy (non-hydrogen) atoms. The zero-order valence-corrected chi connectivity index (χ0v) is 9.47. The first-order chi connectivity index (χ1) is 7.06. The van der Waals surface area contributed by atoms with Crippen molar-refractivity contribution in [2.75, 3.05) is 7.11 Å². The highest BCUT2D eigenvalue weighted by molar-refractivity contribution is 6.04. The van der Waals surface area contributed by atoms with Crippen molar-refractivity contribution in [1.82, 2.24) is 0 Å². The molecule has 0 aromatic rings. The number of hydrogen-bond acceptors (Lipinski definition) is 3. The summed E-state index contributed by atoms with van der Waals surface area (Å²) < 4.78 is 4.76. The Morgan fingerprint density at radius 2 is 2.20 bits per heavy atom. The summed E-state index contributed by atoms with van der Waals surface area (Å²) in [5.41, 5.74) is 0.0483. The normalized spacial score (nSPS) is 26.1. The van der Waals surface area contributed by atoms with E-state index < -0.39 is 11.4 Å². The van der Waals surface area contributed by atoms with Gasteiger partial charge in [-0.2, -0.15) is 0 Å². The van der Waals surface area contributed by atoms with Gasteiger partial charge >= 0.3 is 5.97 Å². The number of carbonyl (C=O) groups excluding carboxylic acids is 2. The summed E-state index contributed by atoms with van der Waals surface area (Å²) in [5.74, 6) is -0.412. The van der Waals surface area contributed by atoms with Crippen LogP contribution in [-0.4, -0.2) is 18.9 Å².